The van der Waals surface area contributed by atoms with Crippen LogP contribution in [-0.4, -0.2) is 37.9 Å². The molecule has 1 atom stereocenters. The Hall–Kier alpha value is -2.14. The monoisotopic (exact) mass is 729 g/mol. The van der Waals surface area contributed by atoms with Gasteiger partial charge in [-0.2, -0.15) is 0 Å². The zero-order chi connectivity index (χ0) is 37.8. The minimum Gasteiger partial charge on any atom is -0.462 e. The van der Waals surface area contributed by atoms with Crippen molar-refractivity contribution in [3.8, 4) is 0 Å². The quantitative estimate of drug-likeness (QED) is 0.0357. The lowest BCUT2D eigenvalue weighted by atomic mass is 10.1. The van der Waals surface area contributed by atoms with E-state index < -0.39 is 6.10 Å². The van der Waals surface area contributed by atoms with Crippen molar-refractivity contribution in [1.82, 2.24) is 0 Å². The lowest BCUT2D eigenvalue weighted by molar-refractivity contribution is -0.163. The van der Waals surface area contributed by atoms with E-state index in [1.165, 1.54) is 103 Å². The molecule has 5 nitrogen and oxygen atoms in total. The fourth-order valence-corrected chi connectivity index (χ4v) is 6.05. The maximum atomic E-state index is 12.5. The molecule has 0 aromatic heterocycles. The molecule has 0 aliphatic rings. The van der Waals surface area contributed by atoms with E-state index in [2.05, 4.69) is 69.4 Å². The molecule has 1 unspecified atom stereocenters. The molecule has 0 radical (unpaired) electrons. The van der Waals surface area contributed by atoms with E-state index in [1.807, 2.05) is 0 Å². The number of hydrogen-bond donors (Lipinski definition) is 0. The van der Waals surface area contributed by atoms with Crippen molar-refractivity contribution in [1.29, 1.82) is 0 Å². The first-order chi connectivity index (χ1) is 25.6. The van der Waals surface area contributed by atoms with Gasteiger partial charge in [-0.15, -0.1) is 0 Å². The van der Waals surface area contributed by atoms with Crippen LogP contribution >= 0.6 is 0 Å². The lowest BCUT2D eigenvalue weighted by Crippen LogP contribution is -2.30. The van der Waals surface area contributed by atoms with Crippen molar-refractivity contribution in [3.05, 3.63) is 48.6 Å². The Labute approximate surface area is 322 Å². The smallest absolute Gasteiger partial charge is 0.306 e. The number of rotatable bonds is 40. The largest absolute Gasteiger partial charge is 0.462 e. The summed E-state index contributed by atoms with van der Waals surface area (Å²) in [4.78, 5) is 25.0. The molecule has 0 saturated carbocycles. The van der Waals surface area contributed by atoms with Crippen LogP contribution in [0.25, 0.3) is 0 Å². The number of carbonyl (C=O) groups excluding carboxylic acids is 2. The summed E-state index contributed by atoms with van der Waals surface area (Å²) in [5, 5.41) is 0. The molecule has 0 aliphatic heterocycles. The molecule has 0 aromatic rings. The second kappa shape index (κ2) is 43.3. The normalized spacial score (nSPS) is 12.6. The minimum absolute atomic E-state index is 0.0783. The first kappa shape index (κ1) is 49.9. The summed E-state index contributed by atoms with van der Waals surface area (Å²) in [6.45, 7) is 7.61. The Bertz CT molecular complexity index is 873. The molecule has 0 fully saturated rings. The third kappa shape index (κ3) is 40.6. The molecular weight excluding hydrogens is 645 g/mol. The number of esters is 2. The Balaban J connectivity index is 4.07. The predicted molar refractivity (Wildman–Crippen MR) is 224 cm³/mol. The van der Waals surface area contributed by atoms with Crippen LogP contribution in [0.2, 0.25) is 0 Å². The van der Waals surface area contributed by atoms with Crippen LogP contribution in [-0.2, 0) is 23.8 Å². The first-order valence-electron chi connectivity index (χ1n) is 22.2. The van der Waals surface area contributed by atoms with Gasteiger partial charge in [0, 0.05) is 19.4 Å². The number of unbranched alkanes of at least 4 members (excludes halogenated alkanes) is 21. The van der Waals surface area contributed by atoms with Gasteiger partial charge in [-0.05, 0) is 77.0 Å². The van der Waals surface area contributed by atoms with Crippen LogP contribution in [0.4, 0.5) is 0 Å². The fourth-order valence-electron chi connectivity index (χ4n) is 6.05. The van der Waals surface area contributed by atoms with Crippen molar-refractivity contribution >= 4 is 11.9 Å². The van der Waals surface area contributed by atoms with Gasteiger partial charge in [0.05, 0.1) is 6.61 Å². The van der Waals surface area contributed by atoms with Crippen LogP contribution in [0, 0.1) is 0 Å². The highest BCUT2D eigenvalue weighted by atomic mass is 16.6. The molecule has 0 heterocycles. The van der Waals surface area contributed by atoms with E-state index in [1.54, 1.807) is 0 Å². The summed E-state index contributed by atoms with van der Waals surface area (Å²) >= 11 is 0. The Morgan fingerprint density at radius 2 is 0.865 bits per heavy atom. The molecule has 0 saturated heterocycles. The molecule has 0 aliphatic carbocycles. The maximum Gasteiger partial charge on any atom is 0.306 e. The van der Waals surface area contributed by atoms with E-state index >= 15 is 0 Å². The van der Waals surface area contributed by atoms with Crippen molar-refractivity contribution in [2.24, 2.45) is 0 Å². The Morgan fingerprint density at radius 1 is 0.442 bits per heavy atom. The van der Waals surface area contributed by atoms with Crippen molar-refractivity contribution in [2.45, 2.75) is 219 Å². The molecule has 0 N–H and O–H groups in total. The molecular formula is C47H84O5. The highest BCUT2D eigenvalue weighted by molar-refractivity contribution is 5.70. The Kier molecular flexibility index (Phi) is 41.5. The van der Waals surface area contributed by atoms with Crippen molar-refractivity contribution in [2.75, 3.05) is 19.8 Å². The highest BCUT2D eigenvalue weighted by Gasteiger charge is 2.17. The molecule has 5 heteroatoms. The SMILES string of the molecule is CC/C=C\C/C=C\C/C=C\CCCCCCCCCCOCC(COC(=O)CCCCCCC/C=C\CCCCCC)OC(=O)CCCCCCC. The van der Waals surface area contributed by atoms with E-state index in [-0.39, 0.29) is 25.2 Å². The zero-order valence-electron chi connectivity index (χ0n) is 34.6. The van der Waals surface area contributed by atoms with Crippen LogP contribution in [0.15, 0.2) is 48.6 Å². The van der Waals surface area contributed by atoms with Gasteiger partial charge in [-0.25, -0.2) is 0 Å². The number of carbonyl (C=O) groups is 2. The summed E-state index contributed by atoms with van der Waals surface area (Å²) < 4.78 is 17.2. The van der Waals surface area contributed by atoms with Gasteiger partial charge in [0.15, 0.2) is 6.10 Å². The molecule has 0 aromatic carbocycles. The number of hydrogen-bond acceptors (Lipinski definition) is 5. The van der Waals surface area contributed by atoms with Gasteiger partial charge in [0.2, 0.25) is 0 Å². The topological polar surface area (TPSA) is 61.8 Å². The second-order valence-electron chi connectivity index (χ2n) is 14.6. The molecule has 0 spiro atoms. The van der Waals surface area contributed by atoms with Crippen LogP contribution < -0.4 is 0 Å². The van der Waals surface area contributed by atoms with Gasteiger partial charge in [0.25, 0.3) is 0 Å². The molecule has 0 rings (SSSR count). The van der Waals surface area contributed by atoms with Crippen molar-refractivity contribution in [3.63, 3.8) is 0 Å². The first-order valence-corrected chi connectivity index (χ1v) is 22.2. The average Bonchev–Trinajstić information content (AvgIpc) is 3.14. The van der Waals surface area contributed by atoms with Crippen LogP contribution in [0.5, 0.6) is 0 Å². The molecule has 0 bridgehead atoms. The van der Waals surface area contributed by atoms with E-state index in [4.69, 9.17) is 14.2 Å². The molecule has 52 heavy (non-hydrogen) atoms. The second-order valence-corrected chi connectivity index (χ2v) is 14.6. The van der Waals surface area contributed by atoms with Gasteiger partial charge < -0.3 is 14.2 Å². The van der Waals surface area contributed by atoms with Gasteiger partial charge in [0.1, 0.15) is 6.61 Å². The van der Waals surface area contributed by atoms with Gasteiger partial charge >= 0.3 is 11.9 Å². The summed E-state index contributed by atoms with van der Waals surface area (Å²) in [6.07, 6.45) is 51.3. The standard InChI is InChI=1S/C47H84O5/c1-4-7-10-13-15-17-19-21-22-23-24-25-27-29-31-33-36-39-42-50-43-45(52-47(49)41-38-34-12-9-6-3)44-51-46(48)40-37-35-32-30-28-26-20-18-16-14-11-8-5-2/h7,10,15,17-18,20-22,45H,4-6,8-9,11-14,16,19,23-44H2,1-3H3/b10-7-,17-15-,20-18-,22-21-. The summed E-state index contributed by atoms with van der Waals surface area (Å²) in [7, 11) is 0. The number of ether oxygens (including phenoxy) is 3. The highest BCUT2D eigenvalue weighted by Crippen LogP contribution is 2.13. The molecule has 0 amide bonds. The van der Waals surface area contributed by atoms with Crippen LogP contribution in [0.1, 0.15) is 213 Å². The van der Waals surface area contributed by atoms with E-state index in [0.717, 1.165) is 77.0 Å². The van der Waals surface area contributed by atoms with Crippen LogP contribution in [0.3, 0.4) is 0 Å². The number of allylic oxidation sites excluding steroid dienone is 8. The third-order valence-electron chi connectivity index (χ3n) is 9.35. The predicted octanol–water partition coefficient (Wildman–Crippen LogP) is 14.4. The summed E-state index contributed by atoms with van der Waals surface area (Å²) in [6, 6.07) is 0. The van der Waals surface area contributed by atoms with Gasteiger partial charge in [-0.3, -0.25) is 9.59 Å². The zero-order valence-corrected chi connectivity index (χ0v) is 34.6. The summed E-state index contributed by atoms with van der Waals surface area (Å²) in [5.41, 5.74) is 0. The fraction of sp³-hybridized carbons (Fsp3) is 0.787. The van der Waals surface area contributed by atoms with E-state index in [0.29, 0.717) is 19.4 Å². The molecule has 302 valence electrons. The third-order valence-corrected chi connectivity index (χ3v) is 9.35. The maximum absolute atomic E-state index is 12.5. The summed E-state index contributed by atoms with van der Waals surface area (Å²) in [5.74, 6) is -0.422. The minimum atomic E-state index is -0.536. The average molecular weight is 729 g/mol. The van der Waals surface area contributed by atoms with Gasteiger partial charge in [-0.1, -0.05) is 172 Å². The lowest BCUT2D eigenvalue weighted by Gasteiger charge is -2.18. The van der Waals surface area contributed by atoms with Crippen molar-refractivity contribution < 1.29 is 23.8 Å². The Morgan fingerprint density at radius 3 is 1.42 bits per heavy atom. The van der Waals surface area contributed by atoms with E-state index in [9.17, 15) is 9.59 Å².